The maximum Gasteiger partial charge on any atom is 0.280 e. The molecule has 132 valence electrons. The van der Waals surface area contributed by atoms with Gasteiger partial charge in [-0.25, -0.2) is 9.19 Å². The monoisotopic (exact) mass is 377 g/mol. The van der Waals surface area contributed by atoms with E-state index in [4.69, 9.17) is 25.8 Å². The lowest BCUT2D eigenvalue weighted by molar-refractivity contribution is -0.0486. The largest absolute Gasteiger partial charge is 0.394 e. The van der Waals surface area contributed by atoms with E-state index >= 15 is 0 Å². The average molecular weight is 377 g/mol. The molecule has 1 fully saturated rings. The summed E-state index contributed by atoms with van der Waals surface area (Å²) >= 11 is 4.88. The minimum absolute atomic E-state index is 0.00477. The summed E-state index contributed by atoms with van der Waals surface area (Å²) in [6, 6.07) is 0. The summed E-state index contributed by atoms with van der Waals surface area (Å²) in [6.07, 6.45) is -2.29. The third kappa shape index (κ3) is 2.58. The maximum absolute atomic E-state index is 12.3. The highest BCUT2D eigenvalue weighted by Crippen LogP contribution is 2.35. The molecule has 0 amide bonds. The van der Waals surface area contributed by atoms with Gasteiger partial charge in [-0.15, -0.1) is 0 Å². The van der Waals surface area contributed by atoms with Crippen LogP contribution in [0.1, 0.15) is 6.23 Å². The Labute approximate surface area is 140 Å². The number of imidazole rings is 1. The summed E-state index contributed by atoms with van der Waals surface area (Å²) in [5.74, 6) is -0.138. The van der Waals surface area contributed by atoms with Gasteiger partial charge in [0, 0.05) is 11.2 Å². The third-order valence-corrected chi connectivity index (χ3v) is 6.57. The molecular formula is C11H15N5O6S2. The highest BCUT2D eigenvalue weighted by atomic mass is 32.8. The molecular weight excluding hydrogens is 362 g/mol. The molecule has 1 aliphatic rings. The number of nitrogen functional groups attached to an aromatic ring is 1. The number of hydrogen-bond acceptors (Lipinski definition) is 10. The first-order valence-corrected chi connectivity index (χ1v) is 9.23. The molecule has 13 heteroatoms. The molecule has 5 N–H and O–H groups in total. The summed E-state index contributed by atoms with van der Waals surface area (Å²) in [5.41, 5.74) is 5.04. The Morgan fingerprint density at radius 3 is 2.96 bits per heavy atom. The van der Waals surface area contributed by atoms with Crippen LogP contribution in [0.2, 0.25) is 0 Å². The zero-order valence-corrected chi connectivity index (χ0v) is 14.0. The number of H-pyrrole nitrogens is 1. The lowest BCUT2D eigenvalue weighted by Gasteiger charge is -2.20. The number of ether oxygens (including phenoxy) is 1. The van der Waals surface area contributed by atoms with Gasteiger partial charge in [0.05, 0.1) is 20.0 Å². The molecule has 3 heterocycles. The number of aliphatic hydroxyl groups is 2. The molecule has 2 unspecified atom stereocenters. The van der Waals surface area contributed by atoms with Crippen LogP contribution >= 0.6 is 0 Å². The van der Waals surface area contributed by atoms with Gasteiger partial charge < -0.3 is 20.7 Å². The first kappa shape index (κ1) is 17.2. The van der Waals surface area contributed by atoms with Crippen molar-refractivity contribution in [2.75, 3.05) is 19.5 Å². The van der Waals surface area contributed by atoms with E-state index in [0.29, 0.717) is 0 Å². The quantitative estimate of drug-likeness (QED) is 0.452. The van der Waals surface area contributed by atoms with Gasteiger partial charge in [-0.3, -0.25) is 18.5 Å². The van der Waals surface area contributed by atoms with Gasteiger partial charge >= 0.3 is 0 Å². The van der Waals surface area contributed by atoms with Gasteiger partial charge in [0.15, 0.2) is 26.2 Å². The predicted molar refractivity (Wildman–Crippen MR) is 85.9 cm³/mol. The molecule has 3 rings (SSSR count). The molecule has 1 aliphatic heterocycles. The Kier molecular flexibility index (Phi) is 4.31. The minimum Gasteiger partial charge on any atom is -0.394 e. The number of nitrogens with two attached hydrogens (primary N) is 1. The van der Waals surface area contributed by atoms with Gasteiger partial charge in [-0.2, -0.15) is 4.98 Å². The number of anilines is 1. The fourth-order valence-corrected chi connectivity index (χ4v) is 4.63. The smallest absolute Gasteiger partial charge is 0.280 e. The molecule has 1 saturated heterocycles. The molecule has 24 heavy (non-hydrogen) atoms. The lowest BCUT2D eigenvalue weighted by Crippen LogP contribution is -2.40. The predicted octanol–water partition coefficient (Wildman–Crippen LogP) is -2.37. The van der Waals surface area contributed by atoms with Crippen LogP contribution in [0.4, 0.5) is 5.95 Å². The topological polar surface area (TPSA) is 166 Å². The van der Waals surface area contributed by atoms with E-state index in [-0.39, 0.29) is 17.1 Å². The number of hydrogen-bond donors (Lipinski definition) is 4. The molecule has 0 aromatic carbocycles. The van der Waals surface area contributed by atoms with E-state index in [1.807, 2.05) is 0 Å². The highest BCUT2D eigenvalue weighted by molar-refractivity contribution is 8.30. The second kappa shape index (κ2) is 6.02. The molecule has 11 nitrogen and oxygen atoms in total. The van der Waals surface area contributed by atoms with Gasteiger partial charge in [0.25, 0.3) is 5.56 Å². The number of fused-ring (bicyclic) bond motifs is 1. The third-order valence-electron chi connectivity index (χ3n) is 3.78. The highest BCUT2D eigenvalue weighted by Gasteiger charge is 2.50. The Balaban J connectivity index is 2.10. The number of aromatic amines is 1. The summed E-state index contributed by atoms with van der Waals surface area (Å²) in [4.78, 5) is 22.0. The van der Waals surface area contributed by atoms with Crippen LogP contribution in [-0.4, -0.2) is 65.1 Å². The van der Waals surface area contributed by atoms with Crippen LogP contribution in [-0.2, 0) is 28.9 Å². The Bertz CT molecular complexity index is 925. The molecule has 5 atom stereocenters. The first-order chi connectivity index (χ1) is 11.3. The zero-order chi connectivity index (χ0) is 17.6. The van der Waals surface area contributed by atoms with Crippen molar-refractivity contribution >= 4 is 37.1 Å². The van der Waals surface area contributed by atoms with Crippen LogP contribution in [0, 0.1) is 0 Å². The van der Waals surface area contributed by atoms with Gasteiger partial charge in [-0.05, 0) is 0 Å². The van der Waals surface area contributed by atoms with E-state index < -0.39 is 44.6 Å². The Morgan fingerprint density at radius 2 is 2.33 bits per heavy atom. The van der Waals surface area contributed by atoms with Crippen LogP contribution in [0.25, 0.3) is 11.2 Å². The van der Waals surface area contributed by atoms with Crippen molar-refractivity contribution in [2.45, 2.75) is 23.7 Å². The Morgan fingerprint density at radius 1 is 1.62 bits per heavy atom. The van der Waals surface area contributed by atoms with Crippen LogP contribution < -0.4 is 11.3 Å². The van der Waals surface area contributed by atoms with Crippen LogP contribution in [0.15, 0.2) is 11.1 Å². The number of aliphatic hydroxyl groups excluding tert-OH is 2. The van der Waals surface area contributed by atoms with Crippen molar-refractivity contribution in [1.82, 2.24) is 19.5 Å². The van der Waals surface area contributed by atoms with Gasteiger partial charge in [-0.1, -0.05) is 0 Å². The van der Waals surface area contributed by atoms with E-state index in [1.54, 1.807) is 0 Å². The van der Waals surface area contributed by atoms with Gasteiger partial charge in [0.2, 0.25) is 5.95 Å². The van der Waals surface area contributed by atoms with Crippen molar-refractivity contribution in [3.8, 4) is 0 Å². The normalized spacial score (nSPS) is 29.8. The SMILES string of the molecule is COS(=O)(=S)[C@H]1C(O)[C@H](n2cnc3c(=O)[nH]c(N)nc32)O[C@@H]1CO. The van der Waals surface area contributed by atoms with Gasteiger partial charge in [0.1, 0.15) is 17.5 Å². The molecule has 0 spiro atoms. The lowest BCUT2D eigenvalue weighted by atomic mass is 10.2. The fraction of sp³-hybridized carbons (Fsp3) is 0.545. The summed E-state index contributed by atoms with van der Waals surface area (Å²) in [7, 11) is -2.20. The maximum atomic E-state index is 12.3. The molecule has 0 saturated carbocycles. The standard InChI is InChI=1S/C11H15N5O6S2/c1-21-24(20,23)7-4(2-17)22-10(6(7)18)16-3-13-5-8(16)14-11(12)15-9(5)19/h3-4,6-7,10,17-18H,2H2,1H3,(H3,12,14,15,19)/t4-,6?,7-,10-,24?/m1/s1. The zero-order valence-electron chi connectivity index (χ0n) is 12.4. The second-order valence-electron chi connectivity index (χ2n) is 5.14. The van der Waals surface area contributed by atoms with E-state index in [2.05, 4.69) is 15.0 Å². The molecule has 0 bridgehead atoms. The van der Waals surface area contributed by atoms with Crippen molar-refractivity contribution in [3.05, 3.63) is 16.7 Å². The number of aromatic nitrogens is 4. The minimum atomic E-state index is -3.35. The molecule has 2 aromatic heterocycles. The summed E-state index contributed by atoms with van der Waals surface area (Å²) < 4.78 is 24.0. The van der Waals surface area contributed by atoms with Crippen LogP contribution in [0.3, 0.4) is 0 Å². The summed E-state index contributed by atoms with van der Waals surface area (Å²) in [6.45, 7) is -0.530. The number of nitrogens with one attached hydrogen (secondary N) is 1. The fourth-order valence-electron chi connectivity index (χ4n) is 2.69. The number of rotatable bonds is 4. The van der Waals surface area contributed by atoms with E-state index in [0.717, 1.165) is 7.11 Å². The molecule has 2 aromatic rings. The van der Waals surface area contributed by atoms with E-state index in [9.17, 15) is 19.2 Å². The average Bonchev–Trinajstić information content (AvgIpc) is 3.08. The van der Waals surface area contributed by atoms with Crippen molar-refractivity contribution in [3.63, 3.8) is 0 Å². The molecule has 0 radical (unpaired) electrons. The molecule has 0 aliphatic carbocycles. The van der Waals surface area contributed by atoms with Crippen molar-refractivity contribution < 1.29 is 23.3 Å². The van der Waals surface area contributed by atoms with E-state index in [1.165, 1.54) is 10.9 Å². The summed E-state index contributed by atoms with van der Waals surface area (Å²) in [5, 5.41) is 18.8. The van der Waals surface area contributed by atoms with Crippen molar-refractivity contribution in [2.24, 2.45) is 0 Å². The van der Waals surface area contributed by atoms with Crippen LogP contribution in [0.5, 0.6) is 0 Å². The Hall–Kier alpha value is -1.64. The number of nitrogens with zero attached hydrogens (tertiary/aromatic N) is 3. The first-order valence-electron chi connectivity index (χ1n) is 6.76. The second-order valence-corrected chi connectivity index (χ2v) is 8.39. The van der Waals surface area contributed by atoms with Crippen molar-refractivity contribution in [1.29, 1.82) is 0 Å².